The first-order valence-electron chi connectivity index (χ1n) is 21.1. The third-order valence-electron chi connectivity index (χ3n) is 9.57. The minimum Gasteiger partial charge on any atom is -0.461 e. The lowest BCUT2D eigenvalue weighted by Crippen LogP contribution is -2.58. The first-order chi connectivity index (χ1) is 28.7. The van der Waals surface area contributed by atoms with E-state index in [2.05, 4.69) is 35.0 Å². The number of esters is 1. The van der Waals surface area contributed by atoms with Crippen molar-refractivity contribution >= 4 is 47.6 Å². The highest BCUT2D eigenvalue weighted by atomic mass is 16.5. The molecule has 0 aliphatic carbocycles. The maximum atomic E-state index is 13.5. The van der Waals surface area contributed by atoms with Crippen molar-refractivity contribution < 1.29 is 38.3 Å². The van der Waals surface area contributed by atoms with Gasteiger partial charge in [0, 0.05) is 24.8 Å². The third kappa shape index (κ3) is 18.7. The van der Waals surface area contributed by atoms with E-state index in [4.69, 9.17) is 16.2 Å². The smallest absolute Gasteiger partial charge is 0.323 e. The lowest BCUT2D eigenvalue weighted by Gasteiger charge is -2.38. The Balaban J connectivity index is 0.000000585. The molecule has 3 saturated heterocycles. The van der Waals surface area contributed by atoms with Gasteiger partial charge >= 0.3 is 12.0 Å². The molecule has 0 radical (unpaired) electrons. The summed E-state index contributed by atoms with van der Waals surface area (Å²) in [6.45, 7) is 14.6. The van der Waals surface area contributed by atoms with Crippen LogP contribution in [0.3, 0.4) is 0 Å². The van der Waals surface area contributed by atoms with Crippen LogP contribution in [0.1, 0.15) is 92.1 Å². The highest BCUT2D eigenvalue weighted by Crippen LogP contribution is 2.26. The van der Waals surface area contributed by atoms with Crippen LogP contribution in [0, 0.1) is 6.92 Å². The molecule has 0 aromatic heterocycles. The number of ether oxygens (including phenoxy) is 1. The van der Waals surface area contributed by atoms with Crippen molar-refractivity contribution in [2.24, 2.45) is 11.5 Å². The van der Waals surface area contributed by atoms with Gasteiger partial charge in [0.25, 0.3) is 0 Å². The Kier molecular flexibility index (Phi) is 25.4. The number of nitrogens with one attached hydrogen (secondary N) is 3. The van der Waals surface area contributed by atoms with Gasteiger partial charge in [0.05, 0.1) is 19.0 Å². The Bertz CT molecular complexity index is 1620. The number of likely N-dealkylation sites (N-methyl/N-ethyl adjacent to an activating group) is 1. The summed E-state index contributed by atoms with van der Waals surface area (Å²) in [4.78, 5) is 89.2. The molecule has 0 bridgehead atoms. The number of carbonyl (C=O) groups excluding carboxylic acids is 7. The van der Waals surface area contributed by atoms with Crippen LogP contribution in [-0.2, 0) is 33.5 Å². The highest BCUT2D eigenvalue weighted by Gasteiger charge is 2.44. The number of piperidine rings is 1. The van der Waals surface area contributed by atoms with Crippen LogP contribution in [0.25, 0.3) is 0 Å². The average Bonchev–Trinajstić information content (AvgIpc) is 3.87. The lowest BCUT2D eigenvalue weighted by atomic mass is 9.99. The maximum absolute atomic E-state index is 13.5. The Morgan fingerprint density at radius 2 is 1.43 bits per heavy atom. The van der Waals surface area contributed by atoms with Crippen LogP contribution in [0.15, 0.2) is 60.7 Å². The second-order valence-electron chi connectivity index (χ2n) is 14.4. The van der Waals surface area contributed by atoms with Gasteiger partial charge in [0.15, 0.2) is 0 Å². The quantitative estimate of drug-likeness (QED) is 0.163. The van der Waals surface area contributed by atoms with E-state index in [1.54, 1.807) is 38.1 Å². The fourth-order valence-corrected chi connectivity index (χ4v) is 6.68. The van der Waals surface area contributed by atoms with Crippen LogP contribution in [0.2, 0.25) is 0 Å². The second-order valence-corrected chi connectivity index (χ2v) is 14.4. The molecule has 3 aliphatic rings. The molecule has 2 aromatic carbocycles. The predicted octanol–water partition coefficient (Wildman–Crippen LogP) is 3.76. The maximum Gasteiger partial charge on any atom is 0.323 e. The van der Waals surface area contributed by atoms with Crippen molar-refractivity contribution in [1.29, 1.82) is 0 Å². The summed E-state index contributed by atoms with van der Waals surface area (Å²) in [6.07, 6.45) is 4.00. The van der Waals surface area contributed by atoms with Crippen LogP contribution in [-0.4, -0.2) is 126 Å². The van der Waals surface area contributed by atoms with Gasteiger partial charge in [-0.05, 0) is 85.0 Å². The topological polar surface area (TPSA) is 227 Å². The molecule has 6 amide bonds. The molecule has 5 rings (SSSR count). The lowest BCUT2D eigenvalue weighted by molar-refractivity contribution is -0.156. The van der Waals surface area contributed by atoms with Gasteiger partial charge in [-0.2, -0.15) is 0 Å². The van der Waals surface area contributed by atoms with E-state index >= 15 is 0 Å². The third-order valence-corrected chi connectivity index (χ3v) is 9.57. The Morgan fingerprint density at radius 1 is 0.833 bits per heavy atom. The van der Waals surface area contributed by atoms with E-state index < -0.39 is 36.2 Å². The van der Waals surface area contributed by atoms with Gasteiger partial charge in [-0.3, -0.25) is 28.9 Å². The summed E-state index contributed by atoms with van der Waals surface area (Å²) in [5.41, 5.74) is 13.0. The molecule has 6 unspecified atom stereocenters. The Morgan fingerprint density at radius 3 is 1.97 bits per heavy atom. The van der Waals surface area contributed by atoms with Crippen molar-refractivity contribution in [2.75, 3.05) is 38.5 Å². The van der Waals surface area contributed by atoms with E-state index in [0.717, 1.165) is 32.2 Å². The van der Waals surface area contributed by atoms with E-state index in [1.165, 1.54) is 15.4 Å². The monoisotopic (exact) mass is 839 g/mol. The number of nitrogens with zero attached hydrogens (tertiary/aromatic N) is 3. The van der Waals surface area contributed by atoms with Crippen LogP contribution >= 0.6 is 0 Å². The summed E-state index contributed by atoms with van der Waals surface area (Å²) in [7, 11) is 1.88. The first kappa shape index (κ1) is 52.7. The number of likely N-dealkylation sites (tertiary alicyclic amines) is 3. The molecule has 16 heteroatoms. The summed E-state index contributed by atoms with van der Waals surface area (Å²) in [5.74, 6) is -1.88. The number of rotatable bonds is 11. The molecular formula is C44H70N8O8. The van der Waals surface area contributed by atoms with Gasteiger partial charge in [0.1, 0.15) is 30.5 Å². The summed E-state index contributed by atoms with van der Waals surface area (Å²) < 4.78 is 5.53. The molecule has 0 saturated carbocycles. The van der Waals surface area contributed by atoms with Gasteiger partial charge in [0.2, 0.25) is 23.6 Å². The molecular weight excluding hydrogens is 769 g/mol. The van der Waals surface area contributed by atoms with Crippen molar-refractivity contribution in [3.8, 4) is 0 Å². The number of benzene rings is 2. The molecule has 6 atom stereocenters. The minimum atomic E-state index is -0.765. The van der Waals surface area contributed by atoms with E-state index in [1.807, 2.05) is 63.9 Å². The van der Waals surface area contributed by atoms with E-state index in [0.29, 0.717) is 31.4 Å². The molecule has 0 spiro atoms. The molecule has 60 heavy (non-hydrogen) atoms. The standard InChI is InChI=1S/C24H39N5O6.C9H11N3O2.C7H8.2C2H6/c1-15(14-30)26-22(32)18-7-4-5-10-28(18)23(33)20-12-17(25)13-29(20)21(31)11-16(2)35-24(34)19-8-6-9-27(19)3;10-8(13)6-11-9(14)12-7-4-2-1-3-5-7;1-7-5-3-2-4-6-7;2*1-2/h14-20H,4-13,25H2,1-3H3,(H,26,32);1-5H,6H2,(H2,10,13)(H2,11,12,14);2-6H,1H3;2*1-2H3. The van der Waals surface area contributed by atoms with Crippen molar-refractivity contribution in [3.05, 3.63) is 66.2 Å². The van der Waals surface area contributed by atoms with Crippen LogP contribution in [0.4, 0.5) is 10.5 Å². The first-order valence-corrected chi connectivity index (χ1v) is 21.1. The molecule has 7 N–H and O–H groups in total. The number of hydrogen-bond donors (Lipinski definition) is 5. The number of anilines is 1. The van der Waals surface area contributed by atoms with Gasteiger partial charge in [-0.25, -0.2) is 4.79 Å². The molecule has 16 nitrogen and oxygen atoms in total. The highest BCUT2D eigenvalue weighted by molar-refractivity contribution is 5.94. The number of nitrogens with two attached hydrogens (primary N) is 2. The van der Waals surface area contributed by atoms with Crippen molar-refractivity contribution in [1.82, 2.24) is 25.3 Å². The summed E-state index contributed by atoms with van der Waals surface area (Å²) >= 11 is 0. The second kappa shape index (κ2) is 29.0. The predicted molar refractivity (Wildman–Crippen MR) is 233 cm³/mol. The van der Waals surface area contributed by atoms with E-state index in [-0.39, 0.29) is 55.3 Å². The van der Waals surface area contributed by atoms with Gasteiger partial charge in [-0.15, -0.1) is 0 Å². The van der Waals surface area contributed by atoms with Gasteiger partial charge < -0.3 is 46.7 Å². The summed E-state index contributed by atoms with van der Waals surface area (Å²) in [5, 5.41) is 7.48. The number of primary amides is 1. The molecule has 3 aliphatic heterocycles. The number of aldehydes is 1. The Hall–Kier alpha value is -5.35. The largest absolute Gasteiger partial charge is 0.461 e. The zero-order chi connectivity index (χ0) is 45.2. The van der Waals surface area contributed by atoms with Crippen molar-refractivity contribution in [3.63, 3.8) is 0 Å². The number of hydrogen-bond acceptors (Lipinski definition) is 10. The zero-order valence-electron chi connectivity index (χ0n) is 36.9. The van der Waals surface area contributed by atoms with E-state index in [9.17, 15) is 33.6 Å². The molecule has 334 valence electrons. The number of aryl methyl sites for hydroxylation is 1. The molecule has 2 aromatic rings. The number of urea groups is 1. The molecule has 3 fully saturated rings. The number of amides is 6. The van der Waals surface area contributed by atoms with Crippen LogP contribution < -0.4 is 27.4 Å². The van der Waals surface area contributed by atoms with Crippen molar-refractivity contribution in [2.45, 2.75) is 130 Å². The fraction of sp³-hybridized carbons (Fsp3) is 0.568. The fourth-order valence-electron chi connectivity index (χ4n) is 6.68. The minimum absolute atomic E-state index is 0.0422. The SMILES string of the molecule is CC.CC.CC(C=O)NC(=O)C1CCCCN1C(=O)C1CC(N)CN1C(=O)CC(C)OC(=O)C1CCCN1C.Cc1ccccc1.NC(=O)CNC(=O)Nc1ccccc1. The zero-order valence-corrected chi connectivity index (χ0v) is 36.9. The average molecular weight is 839 g/mol. The summed E-state index contributed by atoms with van der Waals surface area (Å²) in [6, 6.07) is 16.0. The molecule has 3 heterocycles. The Labute approximate surface area is 356 Å². The van der Waals surface area contributed by atoms with Gasteiger partial charge in [-0.1, -0.05) is 81.8 Å². The number of para-hydroxylation sites is 1. The van der Waals surface area contributed by atoms with Crippen LogP contribution in [0.5, 0.6) is 0 Å². The number of carbonyl (C=O) groups is 7. The normalized spacial score (nSPS) is 20.2.